The highest BCUT2D eigenvalue weighted by Crippen LogP contribution is 2.29. The summed E-state index contributed by atoms with van der Waals surface area (Å²) in [6.45, 7) is 7.56. The number of aromatic nitrogens is 4. The zero-order valence-electron chi connectivity index (χ0n) is 16.9. The molecule has 1 aliphatic rings. The number of nitrogens with zero attached hydrogens (tertiary/aromatic N) is 5. The highest BCUT2D eigenvalue weighted by molar-refractivity contribution is 6.33. The second-order valence-electron chi connectivity index (χ2n) is 7.74. The van der Waals surface area contributed by atoms with Gasteiger partial charge in [-0.15, -0.1) is 0 Å². The van der Waals surface area contributed by atoms with Crippen molar-refractivity contribution >= 4 is 28.9 Å². The number of rotatable bonds is 3. The lowest BCUT2D eigenvalue weighted by molar-refractivity contribution is 0.659. The first-order valence-electron chi connectivity index (χ1n) is 9.61. The first-order chi connectivity index (χ1) is 13.8. The quantitative estimate of drug-likeness (QED) is 0.621. The summed E-state index contributed by atoms with van der Waals surface area (Å²) in [5.41, 5.74) is 4.08. The number of benzene rings is 1. The Labute approximate surface area is 179 Å². The van der Waals surface area contributed by atoms with Crippen LogP contribution < -0.4 is 10.5 Å². The third-order valence-corrected chi connectivity index (χ3v) is 6.21. The van der Waals surface area contributed by atoms with Gasteiger partial charge in [0, 0.05) is 36.6 Å². The van der Waals surface area contributed by atoms with E-state index in [1.807, 2.05) is 13.0 Å². The Balaban J connectivity index is 1.68. The molecule has 152 valence electrons. The molecule has 0 radical (unpaired) electrons. The van der Waals surface area contributed by atoms with Crippen LogP contribution in [-0.2, 0) is 20.0 Å². The lowest BCUT2D eigenvalue weighted by Crippen LogP contribution is -2.33. The molecule has 3 heterocycles. The summed E-state index contributed by atoms with van der Waals surface area (Å²) in [5.74, 6) is 1.43. The number of anilines is 1. The van der Waals surface area contributed by atoms with Crippen LogP contribution in [0.25, 0.3) is 5.69 Å². The highest BCUT2D eigenvalue weighted by atomic mass is 35.5. The fraction of sp³-hybridized carbons (Fsp3) is 0.381. The average Bonchev–Trinajstić information content (AvgIpc) is 3.02. The van der Waals surface area contributed by atoms with Crippen molar-refractivity contribution in [3.8, 4) is 5.69 Å². The number of aryl methyl sites for hydroxylation is 1. The van der Waals surface area contributed by atoms with Crippen molar-refractivity contribution in [1.82, 2.24) is 19.3 Å². The SMILES string of the molecule is Cc1ccc(-n2ncc(N3CCc4c(nc(C(C)C)n4C)C3)c(Cl)c2=O)cc1Cl. The van der Waals surface area contributed by atoms with Crippen LogP contribution >= 0.6 is 23.2 Å². The molecule has 0 atom stereocenters. The third kappa shape index (κ3) is 3.45. The number of hydrogen-bond acceptors (Lipinski definition) is 4. The van der Waals surface area contributed by atoms with E-state index in [-0.39, 0.29) is 10.6 Å². The van der Waals surface area contributed by atoms with Gasteiger partial charge in [-0.2, -0.15) is 9.78 Å². The van der Waals surface area contributed by atoms with Crippen molar-refractivity contribution in [3.05, 3.63) is 67.6 Å². The second kappa shape index (κ2) is 7.50. The molecule has 0 unspecified atom stereocenters. The van der Waals surface area contributed by atoms with Crippen molar-refractivity contribution in [2.45, 2.75) is 39.7 Å². The Morgan fingerprint density at radius 3 is 2.66 bits per heavy atom. The van der Waals surface area contributed by atoms with Gasteiger partial charge in [0.15, 0.2) is 0 Å². The number of imidazole rings is 1. The van der Waals surface area contributed by atoms with Crippen LogP contribution in [0.1, 0.15) is 42.5 Å². The minimum Gasteiger partial charge on any atom is -0.362 e. The van der Waals surface area contributed by atoms with E-state index in [9.17, 15) is 4.79 Å². The molecule has 4 rings (SSSR count). The van der Waals surface area contributed by atoms with Crippen LogP contribution in [0.3, 0.4) is 0 Å². The van der Waals surface area contributed by atoms with E-state index in [1.54, 1.807) is 18.3 Å². The van der Waals surface area contributed by atoms with Gasteiger partial charge in [-0.1, -0.05) is 43.1 Å². The van der Waals surface area contributed by atoms with Gasteiger partial charge in [0.25, 0.3) is 5.56 Å². The molecule has 0 amide bonds. The number of hydrogen-bond donors (Lipinski definition) is 0. The monoisotopic (exact) mass is 431 g/mol. The van der Waals surface area contributed by atoms with Crippen molar-refractivity contribution < 1.29 is 0 Å². The number of halogens is 2. The first kappa shape index (κ1) is 20.0. The molecule has 0 saturated heterocycles. The van der Waals surface area contributed by atoms with E-state index >= 15 is 0 Å². The summed E-state index contributed by atoms with van der Waals surface area (Å²) < 4.78 is 3.47. The fourth-order valence-electron chi connectivity index (χ4n) is 3.81. The van der Waals surface area contributed by atoms with Crippen molar-refractivity contribution in [2.24, 2.45) is 7.05 Å². The van der Waals surface area contributed by atoms with Crippen LogP contribution in [-0.4, -0.2) is 25.9 Å². The van der Waals surface area contributed by atoms with E-state index in [0.717, 1.165) is 30.0 Å². The molecule has 0 saturated carbocycles. The van der Waals surface area contributed by atoms with Crippen LogP contribution in [0.2, 0.25) is 10.0 Å². The van der Waals surface area contributed by atoms with Crippen LogP contribution in [0.4, 0.5) is 5.69 Å². The van der Waals surface area contributed by atoms with Gasteiger partial charge >= 0.3 is 0 Å². The molecule has 0 spiro atoms. The molecule has 1 aliphatic heterocycles. The van der Waals surface area contributed by atoms with E-state index in [0.29, 0.717) is 28.9 Å². The Morgan fingerprint density at radius 2 is 1.97 bits per heavy atom. The Morgan fingerprint density at radius 1 is 1.21 bits per heavy atom. The molecule has 6 nitrogen and oxygen atoms in total. The van der Waals surface area contributed by atoms with Crippen molar-refractivity contribution in [1.29, 1.82) is 0 Å². The molecular weight excluding hydrogens is 409 g/mol. The average molecular weight is 432 g/mol. The van der Waals surface area contributed by atoms with Crippen molar-refractivity contribution in [2.75, 3.05) is 11.4 Å². The topological polar surface area (TPSA) is 56.0 Å². The maximum Gasteiger partial charge on any atom is 0.292 e. The zero-order chi connectivity index (χ0) is 20.9. The fourth-order valence-corrected chi connectivity index (χ4v) is 4.24. The predicted octanol–water partition coefficient (Wildman–Crippen LogP) is 4.27. The number of fused-ring (bicyclic) bond motifs is 1. The van der Waals surface area contributed by atoms with Crippen LogP contribution in [0.15, 0.2) is 29.2 Å². The molecule has 1 aromatic carbocycles. The van der Waals surface area contributed by atoms with Crippen LogP contribution in [0.5, 0.6) is 0 Å². The van der Waals surface area contributed by atoms with Gasteiger partial charge in [0.05, 0.1) is 29.8 Å². The standard InChI is InChI=1S/C21H23Cl2N5O/c1-12(2)20-25-16-11-27(8-7-17(16)26(20)4)18-10-24-28(21(29)19(18)23)14-6-5-13(3)15(22)9-14/h5-6,9-10,12H,7-8,11H2,1-4H3. The molecule has 3 aromatic rings. The van der Waals surface area contributed by atoms with E-state index in [4.69, 9.17) is 28.2 Å². The minimum atomic E-state index is -0.362. The third-order valence-electron chi connectivity index (χ3n) is 5.45. The zero-order valence-corrected chi connectivity index (χ0v) is 18.4. The van der Waals surface area contributed by atoms with Gasteiger partial charge in [0.2, 0.25) is 0 Å². The molecule has 0 fully saturated rings. The lowest BCUT2D eigenvalue weighted by Gasteiger charge is -2.29. The Kier molecular flexibility index (Phi) is 5.17. The smallest absolute Gasteiger partial charge is 0.292 e. The van der Waals surface area contributed by atoms with E-state index in [2.05, 4.69) is 35.5 Å². The van der Waals surface area contributed by atoms with Gasteiger partial charge < -0.3 is 9.47 Å². The molecule has 0 bridgehead atoms. The Bertz CT molecular complexity index is 1150. The normalized spacial score (nSPS) is 13.8. The van der Waals surface area contributed by atoms with Gasteiger partial charge in [-0.3, -0.25) is 4.79 Å². The minimum absolute atomic E-state index is 0.153. The summed E-state index contributed by atoms with van der Waals surface area (Å²) in [6.07, 6.45) is 2.49. The predicted molar refractivity (Wildman–Crippen MR) is 117 cm³/mol. The van der Waals surface area contributed by atoms with E-state index in [1.165, 1.54) is 10.4 Å². The summed E-state index contributed by atoms with van der Waals surface area (Å²) in [5, 5.41) is 5.09. The summed E-state index contributed by atoms with van der Waals surface area (Å²) in [6, 6.07) is 5.38. The van der Waals surface area contributed by atoms with Gasteiger partial charge in [-0.05, 0) is 24.6 Å². The summed E-state index contributed by atoms with van der Waals surface area (Å²) >= 11 is 12.7. The summed E-state index contributed by atoms with van der Waals surface area (Å²) in [7, 11) is 2.07. The molecule has 2 aromatic heterocycles. The molecular formula is C21H23Cl2N5O. The lowest BCUT2D eigenvalue weighted by atomic mass is 10.1. The first-order valence-corrected chi connectivity index (χ1v) is 10.4. The summed E-state index contributed by atoms with van der Waals surface area (Å²) in [4.78, 5) is 19.8. The van der Waals surface area contributed by atoms with Gasteiger partial charge in [0.1, 0.15) is 10.8 Å². The molecule has 0 N–H and O–H groups in total. The second-order valence-corrected chi connectivity index (χ2v) is 8.53. The molecule has 29 heavy (non-hydrogen) atoms. The molecule has 8 heteroatoms. The van der Waals surface area contributed by atoms with Crippen molar-refractivity contribution in [3.63, 3.8) is 0 Å². The van der Waals surface area contributed by atoms with Gasteiger partial charge in [-0.25, -0.2) is 4.98 Å². The Hall–Kier alpha value is -2.31. The maximum absolute atomic E-state index is 12.9. The maximum atomic E-state index is 12.9. The molecule has 0 aliphatic carbocycles. The van der Waals surface area contributed by atoms with E-state index < -0.39 is 0 Å². The van der Waals surface area contributed by atoms with Crippen LogP contribution in [0, 0.1) is 6.92 Å². The highest BCUT2D eigenvalue weighted by Gasteiger charge is 2.26. The largest absolute Gasteiger partial charge is 0.362 e.